The maximum atomic E-state index is 5.52. The van der Waals surface area contributed by atoms with Gasteiger partial charge >= 0.3 is 0 Å². The molecule has 0 saturated heterocycles. The second kappa shape index (κ2) is 2.77. The predicted molar refractivity (Wildman–Crippen MR) is 45.6 cm³/mol. The quantitative estimate of drug-likeness (QED) is 0.630. The fraction of sp³-hybridized carbons (Fsp3) is 0.286. The fourth-order valence-electron chi connectivity index (χ4n) is 1.04. The van der Waals surface area contributed by atoms with Crippen LogP contribution in [-0.2, 0) is 0 Å². The zero-order valence-electron chi connectivity index (χ0n) is 6.51. The molecule has 1 aromatic rings. The summed E-state index contributed by atoms with van der Waals surface area (Å²) in [5.41, 5.74) is 5.52. The first kappa shape index (κ1) is 7.02. The van der Waals surface area contributed by atoms with E-state index in [0.29, 0.717) is 11.8 Å². The minimum Gasteiger partial charge on any atom is -0.386 e. The number of nitrogens with two attached hydrogens (primary N) is 1. The van der Waals surface area contributed by atoms with Crippen molar-refractivity contribution in [2.45, 2.75) is 6.42 Å². The molecule has 0 fully saturated rings. The first-order valence-corrected chi connectivity index (χ1v) is 3.74. The van der Waals surface area contributed by atoms with Gasteiger partial charge in [0, 0.05) is 18.8 Å². The van der Waals surface area contributed by atoms with Gasteiger partial charge in [0.1, 0.15) is 5.84 Å². The molecule has 0 atom stereocenters. The van der Waals surface area contributed by atoms with Crippen molar-refractivity contribution in [3.8, 4) is 0 Å². The van der Waals surface area contributed by atoms with Crippen molar-refractivity contribution < 1.29 is 0 Å². The van der Waals surface area contributed by atoms with E-state index in [0.717, 1.165) is 13.0 Å². The molecule has 0 radical (unpaired) electrons. The third kappa shape index (κ3) is 1.20. The summed E-state index contributed by atoms with van der Waals surface area (Å²) in [6.07, 6.45) is 4.16. The number of hydrogen-bond acceptors (Lipinski definition) is 5. The topological polar surface area (TPSA) is 67.4 Å². The molecule has 0 bridgehead atoms. The smallest absolute Gasteiger partial charge is 0.246 e. The first-order chi connectivity index (χ1) is 5.86. The van der Waals surface area contributed by atoms with Crippen LogP contribution in [0.5, 0.6) is 0 Å². The molecule has 0 aromatic carbocycles. The van der Waals surface area contributed by atoms with Crippen molar-refractivity contribution in [1.29, 1.82) is 0 Å². The van der Waals surface area contributed by atoms with E-state index in [1.807, 2.05) is 0 Å². The normalized spacial score (nSPS) is 16.3. The lowest BCUT2D eigenvalue weighted by atomic mass is 10.4. The summed E-state index contributed by atoms with van der Waals surface area (Å²) in [5, 5.41) is 5.77. The molecular formula is C7H9N5. The average molecular weight is 163 g/mol. The van der Waals surface area contributed by atoms with Crippen LogP contribution in [0.2, 0.25) is 0 Å². The van der Waals surface area contributed by atoms with Gasteiger partial charge in [0.25, 0.3) is 0 Å². The highest BCUT2D eigenvalue weighted by molar-refractivity contribution is 5.83. The van der Waals surface area contributed by atoms with Crippen LogP contribution in [0.25, 0.3) is 0 Å². The highest BCUT2D eigenvalue weighted by atomic mass is 15.5. The Labute approximate surface area is 69.9 Å². The van der Waals surface area contributed by atoms with E-state index in [4.69, 9.17) is 5.73 Å². The van der Waals surface area contributed by atoms with Crippen molar-refractivity contribution in [2.24, 2.45) is 10.8 Å². The number of anilines is 1. The van der Waals surface area contributed by atoms with Gasteiger partial charge in [0.2, 0.25) is 5.95 Å². The average Bonchev–Trinajstić information content (AvgIpc) is 2.54. The fourth-order valence-corrected chi connectivity index (χ4v) is 1.04. The summed E-state index contributed by atoms with van der Waals surface area (Å²) in [7, 11) is 0. The largest absolute Gasteiger partial charge is 0.386 e. The summed E-state index contributed by atoms with van der Waals surface area (Å²) in [4.78, 5) is 8.09. The number of aromatic nitrogens is 2. The summed E-state index contributed by atoms with van der Waals surface area (Å²) in [5.74, 6) is 1.25. The number of hydrogen-bond donors (Lipinski definition) is 1. The zero-order valence-corrected chi connectivity index (χ0v) is 6.51. The summed E-state index contributed by atoms with van der Waals surface area (Å²) >= 11 is 0. The Morgan fingerprint density at radius 3 is 2.67 bits per heavy atom. The first-order valence-electron chi connectivity index (χ1n) is 3.74. The molecule has 0 unspecified atom stereocenters. The lowest BCUT2D eigenvalue weighted by Gasteiger charge is -2.08. The molecule has 1 aliphatic heterocycles. The van der Waals surface area contributed by atoms with Gasteiger partial charge in [-0.3, -0.25) is 0 Å². The minimum atomic E-state index is 0.609. The molecule has 2 heterocycles. The van der Waals surface area contributed by atoms with E-state index in [-0.39, 0.29) is 0 Å². The van der Waals surface area contributed by atoms with E-state index in [2.05, 4.69) is 15.1 Å². The van der Waals surface area contributed by atoms with Crippen molar-refractivity contribution in [1.82, 2.24) is 9.97 Å². The Bertz CT molecular complexity index is 294. The van der Waals surface area contributed by atoms with E-state index >= 15 is 0 Å². The molecule has 1 aromatic heterocycles. The van der Waals surface area contributed by atoms with E-state index < -0.39 is 0 Å². The second-order valence-electron chi connectivity index (χ2n) is 2.51. The summed E-state index contributed by atoms with van der Waals surface area (Å²) < 4.78 is 0. The lowest BCUT2D eigenvalue weighted by molar-refractivity contribution is 0.864. The predicted octanol–water partition coefficient (Wildman–Crippen LogP) is -0.0411. The Morgan fingerprint density at radius 1 is 1.33 bits per heavy atom. The van der Waals surface area contributed by atoms with Gasteiger partial charge in [-0.25, -0.2) is 15.0 Å². The number of hydrazone groups is 1. The van der Waals surface area contributed by atoms with Crippen LogP contribution in [0, 0.1) is 0 Å². The molecule has 1 aliphatic rings. The van der Waals surface area contributed by atoms with Crippen LogP contribution in [-0.4, -0.2) is 22.3 Å². The van der Waals surface area contributed by atoms with Crippen LogP contribution in [0.4, 0.5) is 5.95 Å². The summed E-state index contributed by atoms with van der Waals surface area (Å²) in [6, 6.07) is 1.77. The second-order valence-corrected chi connectivity index (χ2v) is 2.51. The monoisotopic (exact) mass is 163 g/mol. The van der Waals surface area contributed by atoms with Crippen molar-refractivity contribution in [2.75, 3.05) is 11.6 Å². The number of amidine groups is 1. The van der Waals surface area contributed by atoms with Crippen LogP contribution >= 0.6 is 0 Å². The molecule has 62 valence electrons. The highest BCUT2D eigenvalue weighted by Crippen LogP contribution is 2.10. The molecule has 2 N–H and O–H groups in total. The maximum absolute atomic E-state index is 5.52. The Morgan fingerprint density at radius 2 is 2.08 bits per heavy atom. The van der Waals surface area contributed by atoms with Crippen molar-refractivity contribution in [3.05, 3.63) is 18.5 Å². The Kier molecular flexibility index (Phi) is 1.62. The van der Waals surface area contributed by atoms with E-state index in [1.165, 1.54) is 0 Å². The molecular weight excluding hydrogens is 154 g/mol. The van der Waals surface area contributed by atoms with Gasteiger partial charge in [0.15, 0.2) is 0 Å². The lowest BCUT2D eigenvalue weighted by Crippen LogP contribution is -2.14. The Hall–Kier alpha value is -1.65. The molecule has 0 spiro atoms. The third-order valence-corrected chi connectivity index (χ3v) is 1.61. The number of rotatable bonds is 1. The molecule has 2 rings (SSSR count). The van der Waals surface area contributed by atoms with E-state index in [1.54, 1.807) is 23.5 Å². The number of nitrogens with zero attached hydrogens (tertiary/aromatic N) is 4. The standard InChI is InChI=1S/C7H9N5/c8-6-2-5-12(11-6)7-9-3-1-4-10-7/h1,3-4H,2,5H2,(H2,8,11). The van der Waals surface area contributed by atoms with Gasteiger partial charge in [0.05, 0.1) is 6.54 Å². The molecule has 5 nitrogen and oxygen atoms in total. The van der Waals surface area contributed by atoms with Gasteiger partial charge in [-0.05, 0) is 6.07 Å². The van der Waals surface area contributed by atoms with Crippen LogP contribution < -0.4 is 10.7 Å². The van der Waals surface area contributed by atoms with E-state index in [9.17, 15) is 0 Å². The minimum absolute atomic E-state index is 0.609. The molecule has 0 aliphatic carbocycles. The van der Waals surface area contributed by atoms with Crippen molar-refractivity contribution in [3.63, 3.8) is 0 Å². The zero-order chi connectivity index (χ0) is 8.39. The molecule has 0 saturated carbocycles. The maximum Gasteiger partial charge on any atom is 0.246 e. The molecule has 12 heavy (non-hydrogen) atoms. The summed E-state index contributed by atoms with van der Waals surface area (Å²) in [6.45, 7) is 0.774. The Balaban J connectivity index is 2.22. The van der Waals surface area contributed by atoms with Crippen molar-refractivity contribution >= 4 is 11.8 Å². The molecule has 0 amide bonds. The van der Waals surface area contributed by atoms with Crippen LogP contribution in [0.3, 0.4) is 0 Å². The third-order valence-electron chi connectivity index (χ3n) is 1.61. The van der Waals surface area contributed by atoms with Crippen LogP contribution in [0.15, 0.2) is 23.6 Å². The molecule has 5 heteroatoms. The SMILES string of the molecule is NC1=NN(c2ncccn2)CC1. The van der Waals surface area contributed by atoms with Gasteiger partial charge in [-0.15, -0.1) is 0 Å². The van der Waals surface area contributed by atoms with Gasteiger partial charge in [-0.2, -0.15) is 5.10 Å². The van der Waals surface area contributed by atoms with Gasteiger partial charge in [-0.1, -0.05) is 0 Å². The van der Waals surface area contributed by atoms with Gasteiger partial charge < -0.3 is 5.73 Å². The van der Waals surface area contributed by atoms with Crippen LogP contribution in [0.1, 0.15) is 6.42 Å². The highest BCUT2D eigenvalue weighted by Gasteiger charge is 2.14.